The van der Waals surface area contributed by atoms with E-state index in [0.717, 1.165) is 31.2 Å². The Labute approximate surface area is 243 Å². The Hall–Kier alpha value is -2.46. The molecule has 2 amide bonds. The van der Waals surface area contributed by atoms with Crippen molar-refractivity contribution in [1.82, 2.24) is 10.2 Å². The highest BCUT2D eigenvalue weighted by atomic mass is 16.5. The number of rotatable bonds is 10. The maximum absolute atomic E-state index is 14.0. The molecular weight excluding hydrogens is 524 g/mol. The Balaban J connectivity index is 1.43. The van der Waals surface area contributed by atoms with E-state index in [2.05, 4.69) is 26.1 Å². The zero-order chi connectivity index (χ0) is 29.1. The van der Waals surface area contributed by atoms with Crippen LogP contribution in [-0.4, -0.2) is 90.3 Å². The molecule has 2 heterocycles. The number of nitrogens with zero attached hydrogens (tertiary/aromatic N) is 1. The molecule has 1 saturated heterocycles. The Morgan fingerprint density at radius 2 is 2.00 bits per heavy atom. The number of carbonyl (C=O) groups is 2. The first-order valence-electron chi connectivity index (χ1n) is 15.4. The fourth-order valence-corrected chi connectivity index (χ4v) is 7.16. The van der Waals surface area contributed by atoms with E-state index in [0.29, 0.717) is 42.2 Å². The molecule has 3 N–H and O–H groups in total. The lowest BCUT2D eigenvalue weighted by Gasteiger charge is -2.42. The van der Waals surface area contributed by atoms with Crippen molar-refractivity contribution in [3.63, 3.8) is 0 Å². The molecule has 0 aromatic heterocycles. The summed E-state index contributed by atoms with van der Waals surface area (Å²) in [6.07, 6.45) is 4.72. The lowest BCUT2D eigenvalue weighted by Crippen LogP contribution is -2.57. The summed E-state index contributed by atoms with van der Waals surface area (Å²) in [6.45, 7) is 7.42. The van der Waals surface area contributed by atoms with Crippen LogP contribution in [-0.2, 0) is 19.1 Å². The SMILES string of the molecule is CC1CCC(C(C)C)C(OCC(=O)N(CC2CCCO2)C2C=C(C(=O)NCCO)C3c4ccccc4OC3C2O)C1. The molecule has 5 rings (SSSR count). The highest BCUT2D eigenvalue weighted by molar-refractivity contribution is 5.96. The van der Waals surface area contributed by atoms with Gasteiger partial charge in [0.25, 0.3) is 0 Å². The zero-order valence-electron chi connectivity index (χ0n) is 24.5. The number of ether oxygens (including phenoxy) is 3. The second kappa shape index (κ2) is 13.2. The van der Waals surface area contributed by atoms with Gasteiger partial charge in [-0.1, -0.05) is 45.4 Å². The summed E-state index contributed by atoms with van der Waals surface area (Å²) in [5, 5.41) is 23.8. The smallest absolute Gasteiger partial charge is 0.249 e. The van der Waals surface area contributed by atoms with Gasteiger partial charge in [-0.05, 0) is 55.6 Å². The summed E-state index contributed by atoms with van der Waals surface area (Å²) in [6, 6.07) is 6.67. The molecule has 0 bridgehead atoms. The van der Waals surface area contributed by atoms with Crippen molar-refractivity contribution in [3.8, 4) is 5.75 Å². The van der Waals surface area contributed by atoms with Gasteiger partial charge in [-0.2, -0.15) is 0 Å². The lowest BCUT2D eigenvalue weighted by molar-refractivity contribution is -0.149. The van der Waals surface area contributed by atoms with E-state index in [1.807, 2.05) is 24.3 Å². The van der Waals surface area contributed by atoms with Crippen LogP contribution in [0.15, 0.2) is 35.9 Å². The molecule has 1 aromatic carbocycles. The monoisotopic (exact) mass is 570 g/mol. The molecule has 1 aromatic rings. The van der Waals surface area contributed by atoms with E-state index in [1.165, 1.54) is 6.42 Å². The van der Waals surface area contributed by atoms with E-state index in [9.17, 15) is 19.8 Å². The number of aliphatic hydroxyl groups excluding tert-OH is 2. The van der Waals surface area contributed by atoms with Crippen LogP contribution in [0.2, 0.25) is 0 Å². The highest BCUT2D eigenvalue weighted by Gasteiger charge is 2.50. The maximum atomic E-state index is 14.0. The van der Waals surface area contributed by atoms with E-state index in [-0.39, 0.29) is 43.8 Å². The van der Waals surface area contributed by atoms with Crippen molar-refractivity contribution in [2.45, 2.75) is 89.3 Å². The van der Waals surface area contributed by atoms with Gasteiger partial charge >= 0.3 is 0 Å². The molecule has 9 nitrogen and oxygen atoms in total. The van der Waals surface area contributed by atoms with Crippen LogP contribution in [0.4, 0.5) is 0 Å². The van der Waals surface area contributed by atoms with Gasteiger partial charge in [0.05, 0.1) is 30.8 Å². The second-order valence-electron chi connectivity index (χ2n) is 12.5. The Morgan fingerprint density at radius 3 is 2.73 bits per heavy atom. The van der Waals surface area contributed by atoms with E-state index in [4.69, 9.17) is 14.2 Å². The molecule has 8 unspecified atom stereocenters. The largest absolute Gasteiger partial charge is 0.486 e. The van der Waals surface area contributed by atoms with Gasteiger partial charge in [0.2, 0.25) is 11.8 Å². The third kappa shape index (κ3) is 6.48. The summed E-state index contributed by atoms with van der Waals surface area (Å²) >= 11 is 0. The number of benzene rings is 1. The number of nitrogens with one attached hydrogen (secondary N) is 1. The van der Waals surface area contributed by atoms with Crippen LogP contribution >= 0.6 is 0 Å². The summed E-state index contributed by atoms with van der Waals surface area (Å²) in [4.78, 5) is 29.0. The molecule has 41 heavy (non-hydrogen) atoms. The number of hydrogen-bond donors (Lipinski definition) is 3. The molecule has 2 aliphatic heterocycles. The van der Waals surface area contributed by atoms with Gasteiger partial charge in [0.15, 0.2) is 0 Å². The minimum absolute atomic E-state index is 0.0102. The van der Waals surface area contributed by atoms with Crippen LogP contribution in [0.5, 0.6) is 5.75 Å². The Bertz CT molecular complexity index is 1100. The number of amides is 2. The fourth-order valence-electron chi connectivity index (χ4n) is 7.16. The molecule has 1 saturated carbocycles. The third-order valence-corrected chi connectivity index (χ3v) is 9.36. The van der Waals surface area contributed by atoms with Gasteiger partial charge in [-0.3, -0.25) is 9.59 Å². The molecule has 0 radical (unpaired) electrons. The molecule has 0 spiro atoms. The van der Waals surface area contributed by atoms with E-state index in [1.54, 1.807) is 11.0 Å². The van der Waals surface area contributed by atoms with Crippen LogP contribution < -0.4 is 10.1 Å². The summed E-state index contributed by atoms with van der Waals surface area (Å²) in [5.41, 5.74) is 1.25. The topological polar surface area (TPSA) is 118 Å². The molecule has 8 atom stereocenters. The van der Waals surface area contributed by atoms with Crippen molar-refractivity contribution in [1.29, 1.82) is 0 Å². The summed E-state index contributed by atoms with van der Waals surface area (Å²) in [5.74, 6) is 0.977. The average molecular weight is 571 g/mol. The standard InChI is InChI=1S/C32H46N2O7/c1-19(2)22-11-10-20(3)15-27(22)40-18-28(36)34(17-21-7-6-14-39-21)25-16-24(32(38)33-12-13-35)29-23-8-4-5-9-26(23)41-31(29)30(25)37/h4-5,8-9,16,19-22,25,27,29-31,35,37H,6-7,10-15,17-18H2,1-3H3,(H,33,38). The molecule has 9 heteroatoms. The molecule has 226 valence electrons. The first kappa shape index (κ1) is 30.0. The third-order valence-electron chi connectivity index (χ3n) is 9.36. The van der Waals surface area contributed by atoms with Crippen molar-refractivity contribution in [2.75, 3.05) is 32.9 Å². The number of hydrogen-bond acceptors (Lipinski definition) is 7. The van der Waals surface area contributed by atoms with Gasteiger partial charge in [-0.25, -0.2) is 0 Å². The second-order valence-corrected chi connectivity index (χ2v) is 12.5. The minimum atomic E-state index is -1.06. The van der Waals surface area contributed by atoms with Crippen molar-refractivity contribution in [2.24, 2.45) is 17.8 Å². The summed E-state index contributed by atoms with van der Waals surface area (Å²) < 4.78 is 18.5. The lowest BCUT2D eigenvalue weighted by atomic mass is 9.75. The van der Waals surface area contributed by atoms with Gasteiger partial charge in [0, 0.05) is 30.8 Å². The van der Waals surface area contributed by atoms with Crippen LogP contribution in [0, 0.1) is 17.8 Å². The van der Waals surface area contributed by atoms with Crippen molar-refractivity contribution >= 4 is 11.8 Å². The molecular formula is C32H46N2O7. The van der Waals surface area contributed by atoms with E-state index < -0.39 is 24.2 Å². The molecule has 2 aliphatic carbocycles. The zero-order valence-corrected chi connectivity index (χ0v) is 24.5. The number of carbonyl (C=O) groups excluding carboxylic acids is 2. The average Bonchev–Trinajstić information content (AvgIpc) is 3.62. The number of aliphatic hydroxyl groups is 2. The van der Waals surface area contributed by atoms with Gasteiger partial charge in [0.1, 0.15) is 24.6 Å². The highest BCUT2D eigenvalue weighted by Crippen LogP contribution is 2.47. The van der Waals surface area contributed by atoms with Crippen molar-refractivity contribution in [3.05, 3.63) is 41.5 Å². The predicted octanol–water partition coefficient (Wildman–Crippen LogP) is 2.79. The first-order chi connectivity index (χ1) is 19.8. The van der Waals surface area contributed by atoms with E-state index >= 15 is 0 Å². The molecule has 2 fully saturated rings. The van der Waals surface area contributed by atoms with Gasteiger partial charge in [-0.15, -0.1) is 0 Å². The van der Waals surface area contributed by atoms with Crippen LogP contribution in [0.1, 0.15) is 64.4 Å². The predicted molar refractivity (Wildman–Crippen MR) is 153 cm³/mol. The Kier molecular flexibility index (Phi) is 9.69. The number of para-hydroxylation sites is 1. The first-order valence-corrected chi connectivity index (χ1v) is 15.4. The van der Waals surface area contributed by atoms with Crippen LogP contribution in [0.25, 0.3) is 0 Å². The minimum Gasteiger partial charge on any atom is -0.486 e. The normalized spacial score (nSPS) is 32.6. The van der Waals surface area contributed by atoms with Crippen LogP contribution in [0.3, 0.4) is 0 Å². The maximum Gasteiger partial charge on any atom is 0.249 e. The Morgan fingerprint density at radius 1 is 1.20 bits per heavy atom. The number of fused-ring (bicyclic) bond motifs is 3. The fraction of sp³-hybridized carbons (Fsp3) is 0.688. The summed E-state index contributed by atoms with van der Waals surface area (Å²) in [7, 11) is 0. The van der Waals surface area contributed by atoms with Gasteiger partial charge < -0.3 is 34.6 Å². The molecule has 4 aliphatic rings. The van der Waals surface area contributed by atoms with Crippen molar-refractivity contribution < 1.29 is 34.0 Å². The quantitative estimate of drug-likeness (QED) is 0.396.